The maximum atomic E-state index is 13.1. The van der Waals surface area contributed by atoms with Gasteiger partial charge in [0.1, 0.15) is 17.7 Å². The monoisotopic (exact) mass is 254 g/mol. The molecule has 0 bridgehead atoms. The Morgan fingerprint density at radius 1 is 1.50 bits per heavy atom. The molecule has 1 heterocycles. The second-order valence-electron chi connectivity index (χ2n) is 5.34. The van der Waals surface area contributed by atoms with Crippen molar-refractivity contribution < 1.29 is 19.0 Å². The molecule has 0 spiro atoms. The first-order valence-corrected chi connectivity index (χ1v) is 6.10. The molecule has 1 N–H and O–H groups in total. The Morgan fingerprint density at radius 2 is 2.22 bits per heavy atom. The highest BCUT2D eigenvalue weighted by molar-refractivity contribution is 5.37. The quantitative estimate of drug-likeness (QED) is 0.901. The number of halogens is 1. The first kappa shape index (κ1) is 13.3. The molecule has 0 radical (unpaired) electrons. The second kappa shape index (κ2) is 4.86. The molecule has 2 atom stereocenters. The van der Waals surface area contributed by atoms with E-state index in [2.05, 4.69) is 0 Å². The van der Waals surface area contributed by atoms with Crippen LogP contribution in [-0.2, 0) is 4.74 Å². The van der Waals surface area contributed by atoms with Gasteiger partial charge in [-0.2, -0.15) is 0 Å². The summed E-state index contributed by atoms with van der Waals surface area (Å²) >= 11 is 0. The zero-order valence-corrected chi connectivity index (χ0v) is 10.9. The van der Waals surface area contributed by atoms with E-state index in [9.17, 15) is 9.50 Å². The third-order valence-corrected chi connectivity index (χ3v) is 3.38. The maximum Gasteiger partial charge on any atom is 0.125 e. The molecule has 1 unspecified atom stereocenters. The molecule has 0 aliphatic carbocycles. The van der Waals surface area contributed by atoms with Crippen molar-refractivity contribution in [3.8, 4) is 5.75 Å². The Kier molecular flexibility index (Phi) is 3.59. The van der Waals surface area contributed by atoms with Crippen LogP contribution in [0.3, 0.4) is 0 Å². The molecule has 18 heavy (non-hydrogen) atoms. The van der Waals surface area contributed by atoms with Gasteiger partial charge >= 0.3 is 0 Å². The molecule has 1 aromatic rings. The van der Waals surface area contributed by atoms with E-state index in [-0.39, 0.29) is 17.5 Å². The lowest BCUT2D eigenvalue weighted by atomic mass is 9.92. The fourth-order valence-corrected chi connectivity index (χ4v) is 2.25. The first-order chi connectivity index (χ1) is 8.41. The van der Waals surface area contributed by atoms with Crippen LogP contribution in [-0.4, -0.2) is 23.9 Å². The number of benzene rings is 1. The molecule has 3 nitrogen and oxygen atoms in total. The SMILES string of the molecule is COC(C)(C)CC1C[C@@H](O)c2cc(F)ccc2O1. The van der Waals surface area contributed by atoms with E-state index in [1.165, 1.54) is 12.1 Å². The van der Waals surface area contributed by atoms with Gasteiger partial charge in [-0.25, -0.2) is 4.39 Å². The van der Waals surface area contributed by atoms with Crippen molar-refractivity contribution in [3.05, 3.63) is 29.6 Å². The Balaban J connectivity index is 2.16. The molecule has 0 aromatic heterocycles. The molecule has 100 valence electrons. The van der Waals surface area contributed by atoms with Crippen molar-refractivity contribution in [3.63, 3.8) is 0 Å². The number of ether oxygens (including phenoxy) is 2. The molecule has 1 aliphatic rings. The van der Waals surface area contributed by atoms with E-state index in [0.29, 0.717) is 24.2 Å². The predicted molar refractivity (Wildman–Crippen MR) is 66.1 cm³/mol. The van der Waals surface area contributed by atoms with Crippen LogP contribution in [0.4, 0.5) is 4.39 Å². The van der Waals surface area contributed by atoms with Gasteiger partial charge in [-0.05, 0) is 32.0 Å². The van der Waals surface area contributed by atoms with Gasteiger partial charge in [0.25, 0.3) is 0 Å². The fraction of sp³-hybridized carbons (Fsp3) is 0.571. The molecular weight excluding hydrogens is 235 g/mol. The molecule has 0 saturated carbocycles. The minimum Gasteiger partial charge on any atom is -0.490 e. The van der Waals surface area contributed by atoms with E-state index in [0.717, 1.165) is 0 Å². The zero-order valence-electron chi connectivity index (χ0n) is 10.9. The fourth-order valence-electron chi connectivity index (χ4n) is 2.25. The Labute approximate surface area is 107 Å². The van der Waals surface area contributed by atoms with Crippen molar-refractivity contribution in [1.82, 2.24) is 0 Å². The number of hydrogen-bond acceptors (Lipinski definition) is 3. The summed E-state index contributed by atoms with van der Waals surface area (Å²) in [5.41, 5.74) is 0.225. The highest BCUT2D eigenvalue weighted by atomic mass is 19.1. The van der Waals surface area contributed by atoms with Gasteiger partial charge in [0.2, 0.25) is 0 Å². The minimum atomic E-state index is -0.679. The lowest BCUT2D eigenvalue weighted by molar-refractivity contribution is -0.0312. The summed E-state index contributed by atoms with van der Waals surface area (Å²) in [5.74, 6) is 0.208. The summed E-state index contributed by atoms with van der Waals surface area (Å²) in [7, 11) is 1.66. The van der Waals surface area contributed by atoms with Crippen LogP contribution < -0.4 is 4.74 Å². The Bertz CT molecular complexity index is 431. The number of aliphatic hydroxyl groups is 1. The maximum absolute atomic E-state index is 13.1. The lowest BCUT2D eigenvalue weighted by Crippen LogP contribution is -2.35. The van der Waals surface area contributed by atoms with Gasteiger partial charge < -0.3 is 14.6 Å². The van der Waals surface area contributed by atoms with Crippen LogP contribution in [0.2, 0.25) is 0 Å². The van der Waals surface area contributed by atoms with Gasteiger partial charge in [-0.3, -0.25) is 0 Å². The summed E-state index contributed by atoms with van der Waals surface area (Å²) in [4.78, 5) is 0. The zero-order chi connectivity index (χ0) is 13.3. The van der Waals surface area contributed by atoms with Crippen molar-refractivity contribution in [2.75, 3.05) is 7.11 Å². The van der Waals surface area contributed by atoms with E-state index in [4.69, 9.17) is 9.47 Å². The van der Waals surface area contributed by atoms with E-state index >= 15 is 0 Å². The van der Waals surface area contributed by atoms with Gasteiger partial charge in [0.05, 0.1) is 11.7 Å². The molecule has 0 amide bonds. The van der Waals surface area contributed by atoms with Crippen LogP contribution in [0.25, 0.3) is 0 Å². The molecular formula is C14H19FO3. The number of hydrogen-bond donors (Lipinski definition) is 1. The normalized spacial score (nSPS) is 23.4. The van der Waals surface area contributed by atoms with Crippen LogP contribution in [0, 0.1) is 5.82 Å². The van der Waals surface area contributed by atoms with Crippen LogP contribution >= 0.6 is 0 Å². The average Bonchev–Trinajstić information content (AvgIpc) is 2.30. The smallest absolute Gasteiger partial charge is 0.125 e. The molecule has 2 rings (SSSR count). The standard InChI is InChI=1S/C14H19FO3/c1-14(2,17-3)8-10-7-12(16)11-6-9(15)4-5-13(11)18-10/h4-6,10,12,16H,7-8H2,1-3H3/t10?,12-/m1/s1. The third-order valence-electron chi connectivity index (χ3n) is 3.38. The van der Waals surface area contributed by atoms with Gasteiger partial charge in [0.15, 0.2) is 0 Å². The van der Waals surface area contributed by atoms with Crippen molar-refractivity contribution in [1.29, 1.82) is 0 Å². The average molecular weight is 254 g/mol. The predicted octanol–water partition coefficient (Wildman–Crippen LogP) is 2.83. The Hall–Kier alpha value is -1.13. The molecule has 0 fully saturated rings. The van der Waals surface area contributed by atoms with E-state index in [1.54, 1.807) is 13.2 Å². The van der Waals surface area contributed by atoms with Crippen LogP contribution in [0.5, 0.6) is 5.75 Å². The number of fused-ring (bicyclic) bond motifs is 1. The van der Waals surface area contributed by atoms with E-state index < -0.39 is 6.10 Å². The summed E-state index contributed by atoms with van der Waals surface area (Å²) in [6.07, 6.45) is 0.343. The Morgan fingerprint density at radius 3 is 2.89 bits per heavy atom. The van der Waals surface area contributed by atoms with Crippen molar-refractivity contribution in [2.24, 2.45) is 0 Å². The summed E-state index contributed by atoms with van der Waals surface area (Å²) < 4.78 is 24.3. The van der Waals surface area contributed by atoms with Crippen LogP contribution in [0.15, 0.2) is 18.2 Å². The minimum absolute atomic E-state index is 0.118. The van der Waals surface area contributed by atoms with Crippen molar-refractivity contribution >= 4 is 0 Å². The first-order valence-electron chi connectivity index (χ1n) is 6.10. The summed E-state index contributed by atoms with van der Waals surface area (Å²) in [6, 6.07) is 4.24. The number of aliphatic hydroxyl groups excluding tert-OH is 1. The van der Waals surface area contributed by atoms with Gasteiger partial charge in [-0.15, -0.1) is 0 Å². The molecule has 0 saturated heterocycles. The lowest BCUT2D eigenvalue weighted by Gasteiger charge is -2.34. The van der Waals surface area contributed by atoms with Gasteiger partial charge in [0, 0.05) is 25.5 Å². The summed E-state index contributed by atoms with van der Waals surface area (Å²) in [5, 5.41) is 10.0. The largest absolute Gasteiger partial charge is 0.490 e. The summed E-state index contributed by atoms with van der Waals surface area (Å²) in [6.45, 7) is 3.95. The second-order valence-corrected chi connectivity index (χ2v) is 5.34. The third kappa shape index (κ3) is 2.82. The molecule has 4 heteroatoms. The number of rotatable bonds is 3. The van der Waals surface area contributed by atoms with Gasteiger partial charge in [-0.1, -0.05) is 0 Å². The highest BCUT2D eigenvalue weighted by Crippen LogP contribution is 2.37. The number of methoxy groups -OCH3 is 1. The van der Waals surface area contributed by atoms with Crippen LogP contribution in [0.1, 0.15) is 38.4 Å². The topological polar surface area (TPSA) is 38.7 Å². The van der Waals surface area contributed by atoms with E-state index in [1.807, 2.05) is 13.8 Å². The molecule has 1 aromatic carbocycles. The highest BCUT2D eigenvalue weighted by Gasteiger charge is 2.31. The van der Waals surface area contributed by atoms with Crippen molar-refractivity contribution in [2.45, 2.75) is 44.5 Å². The molecule has 1 aliphatic heterocycles.